The molecule has 98 valence electrons. The fourth-order valence-corrected chi connectivity index (χ4v) is 2.00. The van der Waals surface area contributed by atoms with Crippen LogP contribution in [0.5, 0.6) is 0 Å². The van der Waals surface area contributed by atoms with Gasteiger partial charge in [0.1, 0.15) is 5.82 Å². The number of methoxy groups -OCH3 is 1. The number of rotatable bonds is 3. The lowest BCUT2D eigenvalue weighted by atomic mass is 10.1. The molecule has 0 spiro atoms. The summed E-state index contributed by atoms with van der Waals surface area (Å²) in [6.45, 7) is 0. The molecule has 19 heavy (non-hydrogen) atoms. The molecule has 2 aromatic carbocycles. The van der Waals surface area contributed by atoms with E-state index in [0.29, 0.717) is 5.69 Å². The van der Waals surface area contributed by atoms with Crippen LogP contribution < -0.4 is 5.32 Å². The summed E-state index contributed by atoms with van der Waals surface area (Å²) in [5.74, 6) is -0.947. The van der Waals surface area contributed by atoms with E-state index in [1.807, 2.05) is 24.3 Å². The zero-order valence-electron chi connectivity index (χ0n) is 10.1. The Balaban J connectivity index is 2.41. The van der Waals surface area contributed by atoms with Gasteiger partial charge in [-0.15, -0.1) is 0 Å². The monoisotopic (exact) mass is 323 g/mol. The molecule has 0 aliphatic carbocycles. The minimum atomic E-state index is -0.519. The van der Waals surface area contributed by atoms with Crippen molar-refractivity contribution in [2.45, 2.75) is 0 Å². The van der Waals surface area contributed by atoms with Crippen molar-refractivity contribution in [3.8, 4) is 0 Å². The van der Waals surface area contributed by atoms with Crippen molar-refractivity contribution in [1.29, 1.82) is 0 Å². The number of halogens is 2. The molecule has 0 bridgehead atoms. The van der Waals surface area contributed by atoms with Gasteiger partial charge in [-0.2, -0.15) is 0 Å². The van der Waals surface area contributed by atoms with E-state index >= 15 is 0 Å². The number of benzene rings is 2. The van der Waals surface area contributed by atoms with Crippen molar-refractivity contribution in [3.63, 3.8) is 0 Å². The van der Waals surface area contributed by atoms with E-state index in [-0.39, 0.29) is 5.56 Å². The van der Waals surface area contributed by atoms with Crippen molar-refractivity contribution in [2.75, 3.05) is 12.4 Å². The number of anilines is 2. The van der Waals surface area contributed by atoms with Gasteiger partial charge in [0.2, 0.25) is 0 Å². The van der Waals surface area contributed by atoms with Crippen LogP contribution in [0, 0.1) is 5.82 Å². The molecule has 0 heterocycles. The highest BCUT2D eigenvalue weighted by atomic mass is 79.9. The van der Waals surface area contributed by atoms with Crippen LogP contribution in [0.25, 0.3) is 0 Å². The molecule has 0 fully saturated rings. The number of esters is 1. The van der Waals surface area contributed by atoms with E-state index in [9.17, 15) is 9.18 Å². The molecule has 0 saturated carbocycles. The van der Waals surface area contributed by atoms with Crippen molar-refractivity contribution < 1.29 is 13.9 Å². The average molecular weight is 324 g/mol. The summed E-state index contributed by atoms with van der Waals surface area (Å²) in [6.07, 6.45) is 0. The number of nitrogens with one attached hydrogen (secondary N) is 1. The summed E-state index contributed by atoms with van der Waals surface area (Å²) >= 11 is 3.38. The standard InChI is InChI=1S/C14H11BrFNO2/c1-19-14(18)10-7-6-9(16)8-13(10)17-12-5-3-2-4-11(12)15/h2-8,17H,1H3. The van der Waals surface area contributed by atoms with Crippen molar-refractivity contribution >= 4 is 33.3 Å². The molecule has 3 nitrogen and oxygen atoms in total. The maximum atomic E-state index is 13.3. The average Bonchev–Trinajstić information content (AvgIpc) is 2.41. The minimum Gasteiger partial charge on any atom is -0.465 e. The Morgan fingerprint density at radius 1 is 1.21 bits per heavy atom. The fourth-order valence-electron chi connectivity index (χ4n) is 1.62. The van der Waals surface area contributed by atoms with E-state index in [1.165, 1.54) is 25.3 Å². The number of hydrogen-bond donors (Lipinski definition) is 1. The molecule has 0 aromatic heterocycles. The Bertz CT molecular complexity index is 616. The van der Waals surface area contributed by atoms with E-state index in [1.54, 1.807) is 0 Å². The zero-order valence-corrected chi connectivity index (χ0v) is 11.7. The number of carbonyl (C=O) groups is 1. The van der Waals surface area contributed by atoms with Gasteiger partial charge in [0.05, 0.1) is 24.0 Å². The lowest BCUT2D eigenvalue weighted by Crippen LogP contribution is -2.06. The van der Waals surface area contributed by atoms with Crippen LogP contribution in [-0.4, -0.2) is 13.1 Å². The van der Waals surface area contributed by atoms with Crippen LogP contribution in [0.2, 0.25) is 0 Å². The SMILES string of the molecule is COC(=O)c1ccc(F)cc1Nc1ccccc1Br. The topological polar surface area (TPSA) is 38.3 Å². The number of para-hydroxylation sites is 1. The van der Waals surface area contributed by atoms with Gasteiger partial charge in [-0.05, 0) is 46.3 Å². The zero-order chi connectivity index (χ0) is 13.8. The van der Waals surface area contributed by atoms with Crippen molar-refractivity contribution in [3.05, 3.63) is 58.3 Å². The Labute approximate surface area is 118 Å². The second-order valence-corrected chi connectivity index (χ2v) is 4.64. The van der Waals surface area contributed by atoms with Crippen LogP contribution in [0.4, 0.5) is 15.8 Å². The largest absolute Gasteiger partial charge is 0.465 e. The number of carbonyl (C=O) groups excluding carboxylic acids is 1. The smallest absolute Gasteiger partial charge is 0.339 e. The maximum Gasteiger partial charge on any atom is 0.339 e. The second kappa shape index (κ2) is 5.84. The summed E-state index contributed by atoms with van der Waals surface area (Å²) in [5, 5.41) is 3.01. The first kappa shape index (κ1) is 13.5. The lowest BCUT2D eigenvalue weighted by molar-refractivity contribution is 0.0602. The Morgan fingerprint density at radius 3 is 2.63 bits per heavy atom. The van der Waals surface area contributed by atoms with E-state index in [2.05, 4.69) is 26.0 Å². The molecular weight excluding hydrogens is 313 g/mol. The predicted octanol–water partition coefficient (Wildman–Crippen LogP) is 4.12. The molecule has 5 heteroatoms. The van der Waals surface area contributed by atoms with Crippen LogP contribution in [0.15, 0.2) is 46.9 Å². The molecule has 0 radical (unpaired) electrons. The molecule has 0 atom stereocenters. The lowest BCUT2D eigenvalue weighted by Gasteiger charge is -2.12. The second-order valence-electron chi connectivity index (χ2n) is 3.79. The molecule has 0 amide bonds. The minimum absolute atomic E-state index is 0.277. The van der Waals surface area contributed by atoms with Crippen LogP contribution in [-0.2, 0) is 4.74 Å². The van der Waals surface area contributed by atoms with Gasteiger partial charge in [0.25, 0.3) is 0 Å². The van der Waals surface area contributed by atoms with Crippen molar-refractivity contribution in [1.82, 2.24) is 0 Å². The third kappa shape index (κ3) is 3.12. The quantitative estimate of drug-likeness (QED) is 0.863. The summed E-state index contributed by atoms with van der Waals surface area (Å²) in [4.78, 5) is 11.6. The molecule has 2 aromatic rings. The van der Waals surface area contributed by atoms with Gasteiger partial charge < -0.3 is 10.1 Å². The summed E-state index contributed by atoms with van der Waals surface area (Å²) < 4.78 is 18.8. The van der Waals surface area contributed by atoms with Gasteiger partial charge >= 0.3 is 5.97 Å². The Morgan fingerprint density at radius 2 is 1.95 bits per heavy atom. The molecule has 2 rings (SSSR count). The summed E-state index contributed by atoms with van der Waals surface area (Å²) in [5.41, 5.74) is 1.37. The Kier molecular flexibility index (Phi) is 4.16. The fraction of sp³-hybridized carbons (Fsp3) is 0.0714. The van der Waals surface area contributed by atoms with Crippen molar-refractivity contribution in [2.24, 2.45) is 0 Å². The van der Waals surface area contributed by atoms with E-state index in [4.69, 9.17) is 0 Å². The van der Waals surface area contributed by atoms with E-state index < -0.39 is 11.8 Å². The number of hydrogen-bond acceptors (Lipinski definition) is 3. The highest BCUT2D eigenvalue weighted by Crippen LogP contribution is 2.28. The first-order valence-corrected chi connectivity index (χ1v) is 6.30. The molecule has 0 aliphatic heterocycles. The number of ether oxygens (including phenoxy) is 1. The van der Waals surface area contributed by atoms with Crippen LogP contribution >= 0.6 is 15.9 Å². The normalized spacial score (nSPS) is 10.1. The predicted molar refractivity (Wildman–Crippen MR) is 75.2 cm³/mol. The van der Waals surface area contributed by atoms with Gasteiger partial charge in [-0.1, -0.05) is 12.1 Å². The van der Waals surface area contributed by atoms with E-state index in [0.717, 1.165) is 10.2 Å². The third-order valence-electron chi connectivity index (χ3n) is 2.53. The maximum absolute atomic E-state index is 13.3. The molecule has 0 aliphatic rings. The van der Waals surface area contributed by atoms with Gasteiger partial charge in [-0.25, -0.2) is 9.18 Å². The van der Waals surface area contributed by atoms with Gasteiger partial charge in [0, 0.05) is 4.47 Å². The third-order valence-corrected chi connectivity index (χ3v) is 3.22. The summed E-state index contributed by atoms with van der Waals surface area (Å²) in [6, 6.07) is 11.2. The molecule has 0 unspecified atom stereocenters. The highest BCUT2D eigenvalue weighted by Gasteiger charge is 2.13. The molecule has 1 N–H and O–H groups in total. The first-order valence-electron chi connectivity index (χ1n) is 5.51. The first-order chi connectivity index (χ1) is 9.11. The molecular formula is C14H11BrFNO2. The van der Waals surface area contributed by atoms with Crippen LogP contribution in [0.1, 0.15) is 10.4 Å². The van der Waals surface area contributed by atoms with Crippen LogP contribution in [0.3, 0.4) is 0 Å². The molecule has 0 saturated heterocycles. The Hall–Kier alpha value is -1.88. The highest BCUT2D eigenvalue weighted by molar-refractivity contribution is 9.10. The summed E-state index contributed by atoms with van der Waals surface area (Å²) in [7, 11) is 1.29. The van der Waals surface area contributed by atoms with Gasteiger partial charge in [0.15, 0.2) is 0 Å². The van der Waals surface area contributed by atoms with Gasteiger partial charge in [-0.3, -0.25) is 0 Å².